The number of unbranched alkanes of at least 4 members (excludes halogenated alkanes) is 2. The van der Waals surface area contributed by atoms with Gasteiger partial charge in [0.15, 0.2) is 5.78 Å². The summed E-state index contributed by atoms with van der Waals surface area (Å²) >= 11 is 0. The third kappa shape index (κ3) is 4.36. The molecule has 3 heteroatoms. The quantitative estimate of drug-likeness (QED) is 0.670. The van der Waals surface area contributed by atoms with Crippen LogP contribution < -0.4 is 4.74 Å². The maximum Gasteiger partial charge on any atom is 0.170 e. The molecule has 0 aliphatic heterocycles. The fraction of sp³-hybridized carbons (Fsp3) is 0.526. The molecule has 1 aromatic heterocycles. The van der Waals surface area contributed by atoms with Crippen LogP contribution in [0.4, 0.5) is 0 Å². The molecular formula is C19H27NO2. The van der Waals surface area contributed by atoms with E-state index in [2.05, 4.69) is 38.0 Å². The number of ether oxygens (including phenoxy) is 1. The minimum atomic E-state index is 0.168. The Hall–Kier alpha value is -1.77. The summed E-state index contributed by atoms with van der Waals surface area (Å²) in [6.45, 7) is 6.74. The van der Waals surface area contributed by atoms with Crippen LogP contribution in [0.3, 0.4) is 0 Å². The van der Waals surface area contributed by atoms with Gasteiger partial charge >= 0.3 is 0 Å². The molecule has 3 nitrogen and oxygen atoms in total. The standard InChI is InChI=1S/C19H27NO2/c1-4-5-6-8-16(21)13-22-18-10-7-9-17-15(11-14(2)3)12-20-19(17)18/h7,9-10,12,14,20H,4-6,8,11,13H2,1-3H3. The molecular weight excluding hydrogens is 274 g/mol. The maximum atomic E-state index is 11.8. The van der Waals surface area contributed by atoms with Crippen LogP contribution in [0.1, 0.15) is 52.0 Å². The summed E-state index contributed by atoms with van der Waals surface area (Å²) in [5.41, 5.74) is 2.31. The SMILES string of the molecule is CCCCCC(=O)COc1cccc2c(CC(C)C)c[nH]c12. The molecule has 1 heterocycles. The average molecular weight is 301 g/mol. The molecule has 0 atom stereocenters. The van der Waals surface area contributed by atoms with Gasteiger partial charge < -0.3 is 9.72 Å². The van der Waals surface area contributed by atoms with Crippen molar-refractivity contribution in [1.29, 1.82) is 0 Å². The first kappa shape index (κ1) is 16.6. The number of carbonyl (C=O) groups is 1. The van der Waals surface area contributed by atoms with Gasteiger partial charge in [-0.05, 0) is 30.4 Å². The number of ketones is 1. The maximum absolute atomic E-state index is 11.8. The third-order valence-electron chi connectivity index (χ3n) is 3.84. The lowest BCUT2D eigenvalue weighted by Crippen LogP contribution is -2.11. The highest BCUT2D eigenvalue weighted by Gasteiger charge is 2.11. The van der Waals surface area contributed by atoms with E-state index in [1.165, 1.54) is 10.9 Å². The van der Waals surface area contributed by atoms with Crippen LogP contribution >= 0.6 is 0 Å². The lowest BCUT2D eigenvalue weighted by Gasteiger charge is -2.07. The number of para-hydroxylation sites is 1. The van der Waals surface area contributed by atoms with Gasteiger partial charge in [0.05, 0.1) is 5.52 Å². The molecule has 0 aliphatic carbocycles. The van der Waals surface area contributed by atoms with Crippen LogP contribution in [0.5, 0.6) is 5.75 Å². The zero-order valence-electron chi connectivity index (χ0n) is 13.9. The topological polar surface area (TPSA) is 42.1 Å². The Morgan fingerprint density at radius 1 is 1.27 bits per heavy atom. The van der Waals surface area contributed by atoms with E-state index in [4.69, 9.17) is 4.74 Å². The lowest BCUT2D eigenvalue weighted by molar-refractivity contribution is -0.121. The fourth-order valence-corrected chi connectivity index (χ4v) is 2.72. The molecule has 120 valence electrons. The molecule has 2 rings (SSSR count). The second-order valence-corrected chi connectivity index (χ2v) is 6.38. The van der Waals surface area contributed by atoms with Gasteiger partial charge in [0.1, 0.15) is 12.4 Å². The highest BCUT2D eigenvalue weighted by Crippen LogP contribution is 2.28. The third-order valence-corrected chi connectivity index (χ3v) is 3.84. The molecule has 0 saturated carbocycles. The van der Waals surface area contributed by atoms with E-state index in [1.807, 2.05) is 12.1 Å². The van der Waals surface area contributed by atoms with Crippen molar-refractivity contribution >= 4 is 16.7 Å². The van der Waals surface area contributed by atoms with Crippen molar-refractivity contribution in [3.05, 3.63) is 30.0 Å². The summed E-state index contributed by atoms with van der Waals surface area (Å²) in [6.07, 6.45) is 6.92. The first-order valence-corrected chi connectivity index (χ1v) is 8.35. The van der Waals surface area contributed by atoms with Crippen LogP contribution in [0.15, 0.2) is 24.4 Å². The van der Waals surface area contributed by atoms with E-state index >= 15 is 0 Å². The monoisotopic (exact) mass is 301 g/mol. The molecule has 0 fully saturated rings. The molecule has 0 saturated heterocycles. The Morgan fingerprint density at radius 3 is 2.82 bits per heavy atom. The fourth-order valence-electron chi connectivity index (χ4n) is 2.72. The number of aromatic nitrogens is 1. The Morgan fingerprint density at radius 2 is 2.09 bits per heavy atom. The number of hydrogen-bond acceptors (Lipinski definition) is 2. The van der Waals surface area contributed by atoms with Crippen LogP contribution in [0, 0.1) is 5.92 Å². The number of nitrogens with one attached hydrogen (secondary N) is 1. The summed E-state index contributed by atoms with van der Waals surface area (Å²) in [6, 6.07) is 6.04. The van der Waals surface area contributed by atoms with Gasteiger partial charge in [-0.15, -0.1) is 0 Å². The van der Waals surface area contributed by atoms with Crippen LogP contribution in [-0.4, -0.2) is 17.4 Å². The predicted molar refractivity (Wildman–Crippen MR) is 91.5 cm³/mol. The molecule has 1 aromatic carbocycles. The summed E-state index contributed by atoms with van der Waals surface area (Å²) in [7, 11) is 0. The number of Topliss-reactive ketones (excluding diaryl/α,β-unsaturated/α-hetero) is 1. The summed E-state index contributed by atoms with van der Waals surface area (Å²) in [5, 5.41) is 1.20. The van der Waals surface area contributed by atoms with Crippen molar-refractivity contribution in [1.82, 2.24) is 4.98 Å². The normalized spacial score (nSPS) is 11.3. The Kier molecular flexibility index (Phi) is 6.05. The second-order valence-electron chi connectivity index (χ2n) is 6.38. The number of fused-ring (bicyclic) bond motifs is 1. The molecule has 0 radical (unpaired) electrons. The molecule has 0 unspecified atom stereocenters. The molecule has 0 aliphatic rings. The van der Waals surface area contributed by atoms with Crippen molar-refractivity contribution in [2.75, 3.05) is 6.61 Å². The Balaban J connectivity index is 2.02. The molecule has 0 amide bonds. The van der Waals surface area contributed by atoms with Gasteiger partial charge in [0, 0.05) is 18.0 Å². The van der Waals surface area contributed by atoms with E-state index in [9.17, 15) is 4.79 Å². The highest BCUT2D eigenvalue weighted by atomic mass is 16.5. The first-order chi connectivity index (χ1) is 10.6. The van der Waals surface area contributed by atoms with Crippen molar-refractivity contribution in [3.8, 4) is 5.75 Å². The Labute approximate surface area is 133 Å². The van der Waals surface area contributed by atoms with E-state index in [0.717, 1.165) is 36.9 Å². The number of benzene rings is 1. The van der Waals surface area contributed by atoms with Crippen LogP contribution in [-0.2, 0) is 11.2 Å². The van der Waals surface area contributed by atoms with Crippen molar-refractivity contribution in [3.63, 3.8) is 0 Å². The van der Waals surface area contributed by atoms with E-state index in [-0.39, 0.29) is 12.4 Å². The molecule has 1 N–H and O–H groups in total. The average Bonchev–Trinajstić information content (AvgIpc) is 2.88. The molecule has 2 aromatic rings. The number of hydrogen-bond donors (Lipinski definition) is 1. The van der Waals surface area contributed by atoms with Crippen molar-refractivity contribution < 1.29 is 9.53 Å². The zero-order chi connectivity index (χ0) is 15.9. The predicted octanol–water partition coefficient (Wildman–Crippen LogP) is 4.89. The summed E-state index contributed by atoms with van der Waals surface area (Å²) in [4.78, 5) is 15.1. The van der Waals surface area contributed by atoms with Crippen molar-refractivity contribution in [2.24, 2.45) is 5.92 Å². The van der Waals surface area contributed by atoms with Crippen LogP contribution in [0.25, 0.3) is 10.9 Å². The van der Waals surface area contributed by atoms with Crippen LogP contribution in [0.2, 0.25) is 0 Å². The largest absolute Gasteiger partial charge is 0.484 e. The van der Waals surface area contributed by atoms with Crippen molar-refractivity contribution in [2.45, 2.75) is 52.9 Å². The van der Waals surface area contributed by atoms with E-state index < -0.39 is 0 Å². The smallest absolute Gasteiger partial charge is 0.170 e. The number of rotatable bonds is 9. The minimum absolute atomic E-state index is 0.168. The van der Waals surface area contributed by atoms with Gasteiger partial charge in [-0.3, -0.25) is 4.79 Å². The van der Waals surface area contributed by atoms with Gasteiger partial charge in [0.2, 0.25) is 0 Å². The highest BCUT2D eigenvalue weighted by molar-refractivity contribution is 5.89. The summed E-state index contributed by atoms with van der Waals surface area (Å²) < 4.78 is 5.75. The van der Waals surface area contributed by atoms with Gasteiger partial charge in [0.25, 0.3) is 0 Å². The van der Waals surface area contributed by atoms with Gasteiger partial charge in [-0.25, -0.2) is 0 Å². The molecule has 0 spiro atoms. The Bertz CT molecular complexity index is 613. The zero-order valence-corrected chi connectivity index (χ0v) is 13.9. The van der Waals surface area contributed by atoms with Gasteiger partial charge in [-0.1, -0.05) is 45.7 Å². The number of H-pyrrole nitrogens is 1. The lowest BCUT2D eigenvalue weighted by atomic mass is 10.0. The minimum Gasteiger partial charge on any atom is -0.484 e. The first-order valence-electron chi connectivity index (χ1n) is 8.35. The summed E-state index contributed by atoms with van der Waals surface area (Å²) in [5.74, 6) is 1.57. The molecule has 0 bridgehead atoms. The molecule has 22 heavy (non-hydrogen) atoms. The second kappa shape index (κ2) is 8.02. The van der Waals surface area contributed by atoms with Gasteiger partial charge in [-0.2, -0.15) is 0 Å². The van der Waals surface area contributed by atoms with E-state index in [1.54, 1.807) is 0 Å². The number of aromatic amines is 1. The van der Waals surface area contributed by atoms with E-state index in [0.29, 0.717) is 12.3 Å². The number of carbonyl (C=O) groups excluding carboxylic acids is 1.